The number of hydrogen-bond donors (Lipinski definition) is 0. The van der Waals surface area contributed by atoms with Crippen molar-refractivity contribution in [3.05, 3.63) is 62.1 Å². The fourth-order valence-corrected chi connectivity index (χ4v) is 4.66. The zero-order valence-corrected chi connectivity index (χ0v) is 16.1. The SMILES string of the molecule is O=C(Cl)CN(c1ccc(Br)cc1Cl)S(=O)(=O)c1ccccc1[N+](=O)[O-]. The molecule has 2 aromatic carbocycles. The summed E-state index contributed by atoms with van der Waals surface area (Å²) in [5.74, 6) is 0. The summed E-state index contributed by atoms with van der Waals surface area (Å²) < 4.78 is 27.2. The number of anilines is 1. The fraction of sp³-hybridized carbons (Fsp3) is 0.0714. The molecule has 0 bridgehead atoms. The first-order valence-corrected chi connectivity index (χ1v) is 9.53. The van der Waals surface area contributed by atoms with Crippen LogP contribution in [0.1, 0.15) is 0 Å². The second kappa shape index (κ2) is 7.69. The predicted molar refractivity (Wildman–Crippen MR) is 97.6 cm³/mol. The fourth-order valence-electron chi connectivity index (χ4n) is 2.04. The number of carbonyl (C=O) groups is 1. The maximum Gasteiger partial charge on any atom is 0.289 e. The van der Waals surface area contributed by atoms with Gasteiger partial charge in [0, 0.05) is 10.5 Å². The lowest BCUT2D eigenvalue weighted by molar-refractivity contribution is -0.387. The van der Waals surface area contributed by atoms with Gasteiger partial charge in [0.25, 0.3) is 15.7 Å². The van der Waals surface area contributed by atoms with Gasteiger partial charge in [0.2, 0.25) is 5.24 Å². The third-order valence-corrected chi connectivity index (χ3v) is 5.80. The maximum absolute atomic E-state index is 13.0. The van der Waals surface area contributed by atoms with Crippen LogP contribution in [0.25, 0.3) is 0 Å². The Morgan fingerprint density at radius 2 is 1.88 bits per heavy atom. The van der Waals surface area contributed by atoms with Gasteiger partial charge >= 0.3 is 0 Å². The summed E-state index contributed by atoms with van der Waals surface area (Å²) in [6, 6.07) is 9.10. The van der Waals surface area contributed by atoms with Gasteiger partial charge in [0.05, 0.1) is 15.6 Å². The number of nitro groups is 1. The van der Waals surface area contributed by atoms with E-state index in [1.807, 2.05) is 0 Å². The van der Waals surface area contributed by atoms with Gasteiger partial charge < -0.3 is 0 Å². The molecule has 0 radical (unpaired) electrons. The van der Waals surface area contributed by atoms with E-state index in [1.54, 1.807) is 0 Å². The molecule has 0 fully saturated rings. The van der Waals surface area contributed by atoms with Crippen molar-refractivity contribution in [2.45, 2.75) is 4.90 Å². The number of benzene rings is 2. The van der Waals surface area contributed by atoms with Crippen molar-refractivity contribution < 1.29 is 18.1 Å². The number of para-hydroxylation sites is 1. The Kier molecular flexibility index (Phi) is 6.04. The number of hydrogen-bond acceptors (Lipinski definition) is 5. The van der Waals surface area contributed by atoms with Gasteiger partial charge in [0.1, 0.15) is 6.54 Å². The van der Waals surface area contributed by atoms with Crippen LogP contribution in [0.15, 0.2) is 51.8 Å². The van der Waals surface area contributed by atoms with Gasteiger partial charge in [-0.25, -0.2) is 8.42 Å². The highest BCUT2D eigenvalue weighted by molar-refractivity contribution is 9.10. The van der Waals surface area contributed by atoms with Crippen molar-refractivity contribution in [3.8, 4) is 0 Å². The summed E-state index contributed by atoms with van der Waals surface area (Å²) in [5, 5.41) is 10.2. The molecular formula is C14H9BrCl2N2O5S. The van der Waals surface area contributed by atoms with E-state index in [1.165, 1.54) is 30.3 Å². The molecule has 0 aromatic heterocycles. The highest BCUT2D eigenvalue weighted by atomic mass is 79.9. The molecule has 2 aromatic rings. The van der Waals surface area contributed by atoms with Crippen molar-refractivity contribution >= 4 is 65.8 Å². The van der Waals surface area contributed by atoms with Crippen LogP contribution in [0, 0.1) is 10.1 Å². The summed E-state index contributed by atoms with van der Waals surface area (Å²) >= 11 is 14.6. The minimum absolute atomic E-state index is 0.0226. The Morgan fingerprint density at radius 3 is 2.44 bits per heavy atom. The highest BCUT2D eigenvalue weighted by Crippen LogP contribution is 2.35. The molecule has 2 rings (SSSR count). The van der Waals surface area contributed by atoms with Crippen molar-refractivity contribution in [2.24, 2.45) is 0 Å². The van der Waals surface area contributed by atoms with Crippen LogP contribution in [0.2, 0.25) is 5.02 Å². The number of halogens is 3. The number of carbonyl (C=O) groups excluding carboxylic acids is 1. The average Bonchev–Trinajstić information content (AvgIpc) is 2.53. The Bertz CT molecular complexity index is 952. The Labute approximate surface area is 161 Å². The third-order valence-electron chi connectivity index (χ3n) is 3.08. The van der Waals surface area contributed by atoms with E-state index in [0.29, 0.717) is 8.78 Å². The summed E-state index contributed by atoms with van der Waals surface area (Å²) in [4.78, 5) is 21.1. The molecule has 132 valence electrons. The molecule has 0 saturated heterocycles. The van der Waals surface area contributed by atoms with E-state index in [0.717, 1.165) is 12.1 Å². The van der Waals surface area contributed by atoms with Gasteiger partial charge in [-0.15, -0.1) is 0 Å². The quantitative estimate of drug-likeness (QED) is 0.363. The van der Waals surface area contributed by atoms with Crippen LogP contribution in [0.5, 0.6) is 0 Å². The summed E-state index contributed by atoms with van der Waals surface area (Å²) in [7, 11) is -4.47. The largest absolute Gasteiger partial charge is 0.289 e. The van der Waals surface area contributed by atoms with Crippen molar-refractivity contribution in [2.75, 3.05) is 10.8 Å². The van der Waals surface area contributed by atoms with Gasteiger partial charge in [-0.1, -0.05) is 39.7 Å². The first kappa shape index (κ1) is 19.6. The molecule has 0 atom stereocenters. The third kappa shape index (κ3) is 4.30. The lowest BCUT2D eigenvalue weighted by Crippen LogP contribution is -2.35. The van der Waals surface area contributed by atoms with E-state index >= 15 is 0 Å². The second-order valence-electron chi connectivity index (χ2n) is 4.69. The monoisotopic (exact) mass is 466 g/mol. The zero-order valence-electron chi connectivity index (χ0n) is 12.2. The summed E-state index contributed by atoms with van der Waals surface area (Å²) in [6.45, 7) is -0.739. The average molecular weight is 468 g/mol. The Balaban J connectivity index is 2.69. The minimum atomic E-state index is -4.47. The van der Waals surface area contributed by atoms with Crippen molar-refractivity contribution in [3.63, 3.8) is 0 Å². The predicted octanol–water partition coefficient (Wildman–Crippen LogP) is 3.97. The molecule has 25 heavy (non-hydrogen) atoms. The van der Waals surface area contributed by atoms with Gasteiger partial charge in [-0.3, -0.25) is 19.2 Å². The molecule has 0 N–H and O–H groups in total. The molecule has 11 heteroatoms. The van der Waals surface area contributed by atoms with Crippen LogP contribution in [-0.4, -0.2) is 25.1 Å². The Morgan fingerprint density at radius 1 is 1.24 bits per heavy atom. The molecular weight excluding hydrogens is 459 g/mol. The van der Waals surface area contributed by atoms with E-state index in [9.17, 15) is 23.3 Å². The summed E-state index contributed by atoms with van der Waals surface area (Å²) in [6.07, 6.45) is 0. The molecule has 0 aliphatic rings. The normalized spacial score (nSPS) is 11.2. The standard InChI is InChI=1S/C14H9BrCl2N2O5S/c15-9-5-6-11(10(16)7-9)18(8-14(17)20)25(23,24)13-4-2-1-3-12(13)19(21)22/h1-7H,8H2. The van der Waals surface area contributed by atoms with Crippen LogP contribution >= 0.6 is 39.1 Å². The molecule has 0 spiro atoms. The molecule has 0 unspecified atom stereocenters. The van der Waals surface area contributed by atoms with E-state index in [-0.39, 0.29) is 10.7 Å². The molecule has 0 amide bonds. The molecule has 0 aliphatic carbocycles. The molecule has 7 nitrogen and oxygen atoms in total. The van der Waals surface area contributed by atoms with Crippen LogP contribution in [-0.2, 0) is 14.8 Å². The van der Waals surface area contributed by atoms with E-state index in [4.69, 9.17) is 23.2 Å². The minimum Gasteiger partial charge on any atom is -0.279 e. The molecule has 0 heterocycles. The first-order chi connectivity index (χ1) is 11.6. The number of rotatable bonds is 6. The highest BCUT2D eigenvalue weighted by Gasteiger charge is 2.33. The Hall–Kier alpha value is -1.68. The first-order valence-electron chi connectivity index (χ1n) is 6.54. The van der Waals surface area contributed by atoms with Crippen LogP contribution < -0.4 is 4.31 Å². The number of nitro benzene ring substituents is 1. The smallest absolute Gasteiger partial charge is 0.279 e. The zero-order chi connectivity index (χ0) is 18.8. The molecule has 0 aliphatic heterocycles. The lowest BCUT2D eigenvalue weighted by Gasteiger charge is -2.23. The maximum atomic E-state index is 13.0. The topological polar surface area (TPSA) is 97.6 Å². The number of sulfonamides is 1. The van der Waals surface area contributed by atoms with Gasteiger partial charge in [0.15, 0.2) is 4.90 Å². The summed E-state index contributed by atoms with van der Waals surface area (Å²) in [5.41, 5.74) is -0.653. The van der Waals surface area contributed by atoms with Crippen molar-refractivity contribution in [1.29, 1.82) is 0 Å². The van der Waals surface area contributed by atoms with Crippen molar-refractivity contribution in [1.82, 2.24) is 0 Å². The van der Waals surface area contributed by atoms with E-state index in [2.05, 4.69) is 15.9 Å². The molecule has 0 saturated carbocycles. The second-order valence-corrected chi connectivity index (χ2v) is 8.26. The number of nitrogens with zero attached hydrogens (tertiary/aromatic N) is 2. The van der Waals surface area contributed by atoms with Gasteiger partial charge in [-0.05, 0) is 35.9 Å². The lowest BCUT2D eigenvalue weighted by atomic mass is 10.3. The van der Waals surface area contributed by atoms with E-state index < -0.39 is 37.3 Å². The van der Waals surface area contributed by atoms with Crippen LogP contribution in [0.4, 0.5) is 11.4 Å². The van der Waals surface area contributed by atoms with Gasteiger partial charge in [-0.2, -0.15) is 0 Å². The van der Waals surface area contributed by atoms with Crippen LogP contribution in [0.3, 0.4) is 0 Å².